The largest absolute Gasteiger partial charge is 0.348 e. The number of hydrogen-bond acceptors (Lipinski definition) is 3. The molecule has 0 bridgehead atoms. The summed E-state index contributed by atoms with van der Waals surface area (Å²) in [4.78, 5) is 30.3. The molecule has 2 amide bonds. The van der Waals surface area contributed by atoms with Crippen molar-refractivity contribution in [3.8, 4) is 0 Å². The molecule has 0 aliphatic heterocycles. The number of fused-ring (bicyclic) bond motifs is 1. The van der Waals surface area contributed by atoms with Gasteiger partial charge in [0.2, 0.25) is 5.82 Å². The maximum Gasteiger partial charge on any atom is 0.292 e. The lowest BCUT2D eigenvalue weighted by Gasteiger charge is -2.22. The van der Waals surface area contributed by atoms with Crippen molar-refractivity contribution in [2.24, 2.45) is 0 Å². The highest BCUT2D eigenvalue weighted by molar-refractivity contribution is 6.06. The van der Waals surface area contributed by atoms with Gasteiger partial charge >= 0.3 is 0 Å². The van der Waals surface area contributed by atoms with Gasteiger partial charge in [-0.25, -0.2) is 4.98 Å². The first-order valence-electron chi connectivity index (χ1n) is 10.2. The molecule has 0 spiro atoms. The van der Waals surface area contributed by atoms with Crippen molar-refractivity contribution in [1.82, 2.24) is 14.7 Å². The molecule has 1 aromatic carbocycles. The van der Waals surface area contributed by atoms with E-state index < -0.39 is 0 Å². The predicted molar refractivity (Wildman–Crippen MR) is 113 cm³/mol. The second-order valence-electron chi connectivity index (χ2n) is 7.88. The number of aromatic nitrogens is 2. The lowest BCUT2D eigenvalue weighted by Crippen LogP contribution is -2.36. The van der Waals surface area contributed by atoms with E-state index in [2.05, 4.69) is 15.6 Å². The third kappa shape index (κ3) is 4.16. The monoisotopic (exact) mass is 390 g/mol. The highest BCUT2D eigenvalue weighted by Crippen LogP contribution is 2.20. The Morgan fingerprint density at radius 3 is 2.45 bits per heavy atom. The zero-order valence-electron chi connectivity index (χ0n) is 16.9. The van der Waals surface area contributed by atoms with Crippen LogP contribution in [0.5, 0.6) is 0 Å². The third-order valence-corrected chi connectivity index (χ3v) is 5.39. The Kier molecular flexibility index (Phi) is 5.34. The number of hydrogen-bond donors (Lipinski definition) is 2. The summed E-state index contributed by atoms with van der Waals surface area (Å²) in [6.45, 7) is 3.97. The molecule has 1 aliphatic carbocycles. The third-order valence-electron chi connectivity index (χ3n) is 5.39. The number of carbonyl (C=O) groups is 2. The van der Waals surface area contributed by atoms with Crippen LogP contribution < -0.4 is 10.6 Å². The summed E-state index contributed by atoms with van der Waals surface area (Å²) in [6, 6.07) is 11.6. The minimum absolute atomic E-state index is 0.184. The second-order valence-corrected chi connectivity index (χ2v) is 7.88. The van der Waals surface area contributed by atoms with E-state index in [0.29, 0.717) is 16.9 Å². The standard InChI is InChI=1S/C23H26N4O2/c1-15-12-16(2)14-18(13-15)25-23(29)21-26-20(19-10-6-7-11-27(19)21)22(28)24-17-8-4-3-5-9-17/h6-7,10-14,17H,3-5,8-9H2,1-2H3,(H,24,28)(H,25,29). The molecule has 1 aliphatic rings. The van der Waals surface area contributed by atoms with E-state index in [4.69, 9.17) is 0 Å². The van der Waals surface area contributed by atoms with E-state index in [1.807, 2.05) is 50.2 Å². The minimum Gasteiger partial charge on any atom is -0.348 e. The van der Waals surface area contributed by atoms with Crippen LogP contribution in [0.4, 0.5) is 5.69 Å². The van der Waals surface area contributed by atoms with E-state index >= 15 is 0 Å². The lowest BCUT2D eigenvalue weighted by atomic mass is 9.95. The fourth-order valence-electron chi connectivity index (χ4n) is 4.10. The second kappa shape index (κ2) is 8.07. The summed E-state index contributed by atoms with van der Waals surface area (Å²) in [6.07, 6.45) is 7.25. The number of pyridine rings is 1. The molecule has 150 valence electrons. The van der Waals surface area contributed by atoms with Crippen LogP contribution in [-0.2, 0) is 0 Å². The van der Waals surface area contributed by atoms with Crippen molar-refractivity contribution in [3.05, 3.63) is 65.2 Å². The van der Waals surface area contributed by atoms with Crippen LogP contribution in [0.15, 0.2) is 42.6 Å². The summed E-state index contributed by atoms with van der Waals surface area (Å²) in [5.41, 5.74) is 3.78. The molecule has 0 saturated heterocycles. The number of imidazole rings is 1. The number of nitrogens with zero attached hydrogens (tertiary/aromatic N) is 2. The zero-order valence-corrected chi connectivity index (χ0v) is 16.9. The summed E-state index contributed by atoms with van der Waals surface area (Å²) in [5.74, 6) is -0.354. The lowest BCUT2D eigenvalue weighted by molar-refractivity contribution is 0.0925. The Morgan fingerprint density at radius 1 is 1.00 bits per heavy atom. The number of aryl methyl sites for hydroxylation is 2. The number of rotatable bonds is 4. The van der Waals surface area contributed by atoms with Gasteiger partial charge < -0.3 is 10.6 Å². The molecule has 0 unspecified atom stereocenters. The van der Waals surface area contributed by atoms with Gasteiger partial charge in [-0.05, 0) is 62.1 Å². The molecule has 6 heteroatoms. The Hall–Kier alpha value is -3.15. The van der Waals surface area contributed by atoms with Gasteiger partial charge in [-0.3, -0.25) is 14.0 Å². The summed E-state index contributed by atoms with van der Waals surface area (Å²) in [5, 5.41) is 6.01. The van der Waals surface area contributed by atoms with Crippen LogP contribution in [0.1, 0.15) is 64.3 Å². The highest BCUT2D eigenvalue weighted by Gasteiger charge is 2.24. The molecule has 1 fully saturated rings. The van der Waals surface area contributed by atoms with Gasteiger partial charge in [-0.1, -0.05) is 31.4 Å². The van der Waals surface area contributed by atoms with Crippen molar-refractivity contribution < 1.29 is 9.59 Å². The molecular formula is C23H26N4O2. The van der Waals surface area contributed by atoms with Crippen molar-refractivity contribution >= 4 is 23.0 Å². The Bertz CT molecular complexity index is 1040. The van der Waals surface area contributed by atoms with E-state index in [1.54, 1.807) is 10.6 Å². The molecule has 1 saturated carbocycles. The minimum atomic E-state index is -0.340. The predicted octanol–water partition coefficient (Wildman–Crippen LogP) is 4.27. The van der Waals surface area contributed by atoms with Crippen LogP contribution in [-0.4, -0.2) is 27.2 Å². The average molecular weight is 390 g/mol. The van der Waals surface area contributed by atoms with Crippen LogP contribution in [0, 0.1) is 13.8 Å². The molecule has 29 heavy (non-hydrogen) atoms. The molecule has 0 atom stereocenters. The number of nitrogens with one attached hydrogen (secondary N) is 2. The Labute approximate surface area is 170 Å². The van der Waals surface area contributed by atoms with Crippen LogP contribution in [0.2, 0.25) is 0 Å². The average Bonchev–Trinajstić information content (AvgIpc) is 3.08. The van der Waals surface area contributed by atoms with E-state index in [-0.39, 0.29) is 23.7 Å². The molecule has 6 nitrogen and oxygen atoms in total. The quantitative estimate of drug-likeness (QED) is 0.699. The van der Waals surface area contributed by atoms with Crippen molar-refractivity contribution in [1.29, 1.82) is 0 Å². The maximum absolute atomic E-state index is 13.0. The number of amides is 2. The molecule has 2 heterocycles. The Balaban J connectivity index is 1.62. The zero-order chi connectivity index (χ0) is 20.4. The van der Waals surface area contributed by atoms with Crippen LogP contribution in [0.25, 0.3) is 5.52 Å². The van der Waals surface area contributed by atoms with E-state index in [1.165, 1.54) is 6.42 Å². The van der Waals surface area contributed by atoms with Crippen molar-refractivity contribution in [2.75, 3.05) is 5.32 Å². The molecule has 4 rings (SSSR count). The first-order chi connectivity index (χ1) is 14.0. The van der Waals surface area contributed by atoms with Gasteiger partial charge in [0.25, 0.3) is 11.8 Å². The number of benzene rings is 1. The number of anilines is 1. The summed E-state index contributed by atoms with van der Waals surface area (Å²) < 4.78 is 1.67. The smallest absolute Gasteiger partial charge is 0.292 e. The van der Waals surface area contributed by atoms with Crippen molar-refractivity contribution in [3.63, 3.8) is 0 Å². The first kappa shape index (κ1) is 19.2. The first-order valence-corrected chi connectivity index (χ1v) is 10.2. The van der Waals surface area contributed by atoms with Crippen LogP contribution in [0.3, 0.4) is 0 Å². The van der Waals surface area contributed by atoms with Crippen LogP contribution >= 0.6 is 0 Å². The van der Waals surface area contributed by atoms with Gasteiger partial charge in [0.1, 0.15) is 0 Å². The SMILES string of the molecule is Cc1cc(C)cc(NC(=O)c2nc(C(=O)NC3CCCCC3)c3ccccn23)c1. The molecule has 0 radical (unpaired) electrons. The van der Waals surface area contributed by atoms with Crippen molar-refractivity contribution in [2.45, 2.75) is 52.0 Å². The maximum atomic E-state index is 13.0. The fraction of sp³-hybridized carbons (Fsp3) is 0.348. The summed E-state index contributed by atoms with van der Waals surface area (Å²) >= 11 is 0. The molecule has 3 aromatic rings. The summed E-state index contributed by atoms with van der Waals surface area (Å²) in [7, 11) is 0. The topological polar surface area (TPSA) is 75.5 Å². The van der Waals surface area contributed by atoms with Gasteiger partial charge in [-0.2, -0.15) is 0 Å². The molecule has 2 N–H and O–H groups in total. The van der Waals surface area contributed by atoms with E-state index in [9.17, 15) is 9.59 Å². The van der Waals surface area contributed by atoms with Gasteiger partial charge in [0.05, 0.1) is 5.52 Å². The van der Waals surface area contributed by atoms with Gasteiger partial charge in [-0.15, -0.1) is 0 Å². The molecule has 2 aromatic heterocycles. The van der Waals surface area contributed by atoms with E-state index in [0.717, 1.165) is 36.8 Å². The molecular weight excluding hydrogens is 364 g/mol. The normalized spacial score (nSPS) is 14.7. The van der Waals surface area contributed by atoms with Gasteiger partial charge in [0, 0.05) is 17.9 Å². The number of carbonyl (C=O) groups excluding carboxylic acids is 2. The van der Waals surface area contributed by atoms with Gasteiger partial charge in [0.15, 0.2) is 5.69 Å². The fourth-order valence-corrected chi connectivity index (χ4v) is 4.10. The Morgan fingerprint density at radius 2 is 1.72 bits per heavy atom. The highest BCUT2D eigenvalue weighted by atomic mass is 16.2.